The standard InChI is InChI=1S/C18H28O3.C17H24O3/c1-10(2)17(19)21-18(11(3)4)20-16-9-12-8-15(16)14-7-5-6-13(12)14;1-9(2)17(18)20-8-19-14-7-12-6-13(14)16-11-4-3-10(5-11)15(12)16/h11-16,18H,1,5-9H2,2-4H3;10-16H,1,3-8H2,2H3. The first-order valence-electron chi connectivity index (χ1n) is 16.6. The van der Waals surface area contributed by atoms with Gasteiger partial charge in [0.2, 0.25) is 6.29 Å². The molecule has 0 amide bonds. The van der Waals surface area contributed by atoms with Crippen LogP contribution in [0.15, 0.2) is 24.3 Å². The normalized spacial score (nSPS) is 43.0. The minimum Gasteiger partial charge on any atom is -0.435 e. The number of esters is 2. The van der Waals surface area contributed by atoms with Gasteiger partial charge in [-0.3, -0.25) is 0 Å². The molecule has 0 N–H and O–H groups in total. The maximum absolute atomic E-state index is 11.8. The summed E-state index contributed by atoms with van der Waals surface area (Å²) in [4.78, 5) is 23.1. The Kier molecular flexibility index (Phi) is 8.46. The van der Waals surface area contributed by atoms with Crippen LogP contribution in [0.4, 0.5) is 0 Å². The van der Waals surface area contributed by atoms with Gasteiger partial charge in [-0.05, 0) is 131 Å². The van der Waals surface area contributed by atoms with Crippen LogP contribution >= 0.6 is 0 Å². The first-order chi connectivity index (χ1) is 19.6. The van der Waals surface area contributed by atoms with E-state index in [0.29, 0.717) is 29.3 Å². The van der Waals surface area contributed by atoms with E-state index in [9.17, 15) is 9.59 Å². The van der Waals surface area contributed by atoms with Crippen LogP contribution in [0.5, 0.6) is 0 Å². The molecule has 41 heavy (non-hydrogen) atoms. The van der Waals surface area contributed by atoms with E-state index in [4.69, 9.17) is 18.9 Å². The average Bonchev–Trinajstić information content (AvgIpc) is 3.77. The van der Waals surface area contributed by atoms with E-state index >= 15 is 0 Å². The van der Waals surface area contributed by atoms with Crippen LogP contribution in [-0.4, -0.2) is 37.2 Å². The molecule has 7 aliphatic rings. The molecule has 6 bridgehead atoms. The third-order valence-electron chi connectivity index (χ3n) is 12.3. The van der Waals surface area contributed by atoms with E-state index in [1.54, 1.807) is 13.8 Å². The lowest BCUT2D eigenvalue weighted by Gasteiger charge is -2.38. The topological polar surface area (TPSA) is 71.1 Å². The number of hydrogen-bond donors (Lipinski definition) is 0. The van der Waals surface area contributed by atoms with E-state index in [0.717, 1.165) is 53.3 Å². The van der Waals surface area contributed by atoms with Crippen molar-refractivity contribution in [2.24, 2.45) is 65.1 Å². The van der Waals surface area contributed by atoms with Crippen LogP contribution in [-0.2, 0) is 28.5 Å². The third-order valence-corrected chi connectivity index (χ3v) is 12.3. The predicted octanol–water partition coefficient (Wildman–Crippen LogP) is 7.08. The van der Waals surface area contributed by atoms with Gasteiger partial charge in [-0.25, -0.2) is 9.59 Å². The molecule has 0 aliphatic heterocycles. The minimum absolute atomic E-state index is 0.102. The van der Waals surface area contributed by atoms with E-state index < -0.39 is 6.29 Å². The SMILES string of the molecule is C=C(C)C(=O)OC(OC1CC2CC1C1CCCC21)C(C)C.C=C(C)C(=O)OCOC1CC2CC1C1C3CCC(C3)C21. The zero-order valence-corrected chi connectivity index (χ0v) is 25.7. The fourth-order valence-electron chi connectivity index (χ4n) is 10.9. The Balaban J connectivity index is 0.000000148. The summed E-state index contributed by atoms with van der Waals surface area (Å²) in [7, 11) is 0. The molecule has 7 aliphatic carbocycles. The number of rotatable bonds is 9. The van der Waals surface area contributed by atoms with Gasteiger partial charge in [0, 0.05) is 17.1 Å². The van der Waals surface area contributed by atoms with Crippen molar-refractivity contribution in [2.75, 3.05) is 6.79 Å². The molecule has 7 fully saturated rings. The van der Waals surface area contributed by atoms with E-state index in [1.807, 2.05) is 13.8 Å². The van der Waals surface area contributed by atoms with Crippen LogP contribution in [0.1, 0.15) is 91.9 Å². The first-order valence-corrected chi connectivity index (χ1v) is 16.6. The molecule has 228 valence electrons. The summed E-state index contributed by atoms with van der Waals surface area (Å²) in [5.41, 5.74) is 0.878. The molecule has 0 aromatic rings. The van der Waals surface area contributed by atoms with E-state index in [-0.39, 0.29) is 24.6 Å². The first kappa shape index (κ1) is 29.4. The number of hydrogen-bond acceptors (Lipinski definition) is 6. The third kappa shape index (κ3) is 5.57. The summed E-state index contributed by atoms with van der Waals surface area (Å²) < 4.78 is 22.7. The summed E-state index contributed by atoms with van der Waals surface area (Å²) in [6.07, 6.45) is 13.9. The quantitative estimate of drug-likeness (QED) is 0.128. The Morgan fingerprint density at radius 3 is 2.07 bits per heavy atom. The van der Waals surface area contributed by atoms with Crippen molar-refractivity contribution < 1.29 is 28.5 Å². The van der Waals surface area contributed by atoms with Crippen molar-refractivity contribution in [1.82, 2.24) is 0 Å². The van der Waals surface area contributed by atoms with Crippen LogP contribution in [0, 0.1) is 65.1 Å². The summed E-state index contributed by atoms with van der Waals surface area (Å²) in [6.45, 7) is 14.8. The number of ether oxygens (including phenoxy) is 4. The van der Waals surface area contributed by atoms with Gasteiger partial charge in [0.25, 0.3) is 0 Å². The maximum Gasteiger partial charge on any atom is 0.335 e. The number of fused-ring (bicyclic) bond motifs is 14. The molecule has 0 heterocycles. The molecule has 13 unspecified atom stereocenters. The van der Waals surface area contributed by atoms with Gasteiger partial charge in [0.15, 0.2) is 6.79 Å². The second-order valence-corrected chi connectivity index (χ2v) is 15.0. The molecular formula is C35H52O6. The van der Waals surface area contributed by atoms with Gasteiger partial charge in [-0.15, -0.1) is 0 Å². The smallest absolute Gasteiger partial charge is 0.335 e. The molecule has 7 saturated carbocycles. The highest BCUT2D eigenvalue weighted by Crippen LogP contribution is 2.67. The van der Waals surface area contributed by atoms with Crippen molar-refractivity contribution in [3.63, 3.8) is 0 Å². The Morgan fingerprint density at radius 2 is 1.37 bits per heavy atom. The van der Waals surface area contributed by atoms with E-state index in [2.05, 4.69) is 13.2 Å². The monoisotopic (exact) mass is 568 g/mol. The Morgan fingerprint density at radius 1 is 0.707 bits per heavy atom. The van der Waals surface area contributed by atoms with Gasteiger partial charge < -0.3 is 18.9 Å². The highest BCUT2D eigenvalue weighted by molar-refractivity contribution is 5.87. The fourth-order valence-corrected chi connectivity index (χ4v) is 10.9. The fraction of sp³-hybridized carbons (Fsp3) is 0.829. The van der Waals surface area contributed by atoms with Crippen molar-refractivity contribution in [1.29, 1.82) is 0 Å². The van der Waals surface area contributed by atoms with Crippen molar-refractivity contribution >= 4 is 11.9 Å². The van der Waals surface area contributed by atoms with Gasteiger partial charge >= 0.3 is 11.9 Å². The predicted molar refractivity (Wildman–Crippen MR) is 156 cm³/mol. The summed E-state index contributed by atoms with van der Waals surface area (Å²) in [5, 5.41) is 0. The Hall–Kier alpha value is -1.66. The molecule has 0 aromatic heterocycles. The average molecular weight is 569 g/mol. The summed E-state index contributed by atoms with van der Waals surface area (Å²) in [6, 6.07) is 0. The van der Waals surface area contributed by atoms with Crippen LogP contribution < -0.4 is 0 Å². The van der Waals surface area contributed by atoms with Crippen molar-refractivity contribution in [2.45, 2.75) is 110 Å². The molecule has 0 aromatic carbocycles. The number of carbonyl (C=O) groups excluding carboxylic acids is 2. The summed E-state index contributed by atoms with van der Waals surface area (Å²) >= 11 is 0. The lowest BCUT2D eigenvalue weighted by atomic mass is 9.70. The molecule has 0 spiro atoms. The molecule has 6 nitrogen and oxygen atoms in total. The molecule has 0 radical (unpaired) electrons. The second-order valence-electron chi connectivity index (χ2n) is 15.0. The van der Waals surface area contributed by atoms with Gasteiger partial charge in [-0.2, -0.15) is 0 Å². The maximum atomic E-state index is 11.8. The largest absolute Gasteiger partial charge is 0.435 e. The lowest BCUT2D eigenvalue weighted by Crippen LogP contribution is -2.37. The highest BCUT2D eigenvalue weighted by atomic mass is 16.7. The van der Waals surface area contributed by atoms with Crippen LogP contribution in [0.3, 0.4) is 0 Å². The minimum atomic E-state index is -0.432. The van der Waals surface area contributed by atoms with Crippen molar-refractivity contribution in [3.05, 3.63) is 24.3 Å². The van der Waals surface area contributed by atoms with Crippen LogP contribution in [0.2, 0.25) is 0 Å². The van der Waals surface area contributed by atoms with Crippen molar-refractivity contribution in [3.8, 4) is 0 Å². The molecule has 7 rings (SSSR count). The van der Waals surface area contributed by atoms with E-state index in [1.165, 1.54) is 64.2 Å². The van der Waals surface area contributed by atoms with Gasteiger partial charge in [0.1, 0.15) is 0 Å². The van der Waals surface area contributed by atoms with Gasteiger partial charge in [0.05, 0.1) is 12.2 Å². The zero-order valence-electron chi connectivity index (χ0n) is 25.7. The molecule has 6 heteroatoms. The second kappa shape index (κ2) is 11.8. The molecule has 13 atom stereocenters. The Bertz CT molecular complexity index is 1030. The lowest BCUT2D eigenvalue weighted by molar-refractivity contribution is -0.207. The number of carbonyl (C=O) groups is 2. The zero-order chi connectivity index (χ0) is 29.0. The molecular weight excluding hydrogens is 516 g/mol. The summed E-state index contributed by atoms with van der Waals surface area (Å²) in [5.74, 6) is 8.46. The molecule has 0 saturated heterocycles. The highest BCUT2D eigenvalue weighted by Gasteiger charge is 2.62. The van der Waals surface area contributed by atoms with Crippen LogP contribution in [0.25, 0.3) is 0 Å². The van der Waals surface area contributed by atoms with Gasteiger partial charge in [-0.1, -0.05) is 33.4 Å². The Labute approximate surface area is 247 Å².